The first-order chi connectivity index (χ1) is 9.72. The summed E-state index contributed by atoms with van der Waals surface area (Å²) < 4.78 is 5.29. The highest BCUT2D eigenvalue weighted by molar-refractivity contribution is 6.30. The molecule has 0 atom stereocenters. The Bertz CT molecular complexity index is 418. The van der Waals surface area contributed by atoms with Gasteiger partial charge in [0.05, 0.1) is 0 Å². The van der Waals surface area contributed by atoms with Gasteiger partial charge in [-0.1, -0.05) is 37.8 Å². The average molecular weight is 297 g/mol. The molecule has 0 aliphatic heterocycles. The molecule has 1 N–H and O–H groups in total. The van der Waals surface area contributed by atoms with Crippen LogP contribution in [0.2, 0.25) is 5.02 Å². The monoisotopic (exact) mass is 296 g/mol. The summed E-state index contributed by atoms with van der Waals surface area (Å²) in [6.45, 7) is 2.11. The van der Waals surface area contributed by atoms with Crippen molar-refractivity contribution in [1.29, 1.82) is 0 Å². The normalized spacial score (nSPS) is 10.7. The molecule has 0 bridgehead atoms. The van der Waals surface area contributed by atoms with Crippen LogP contribution in [0.5, 0.6) is 5.75 Å². The average Bonchev–Trinajstić information content (AvgIpc) is 2.46. The number of rotatable bonds is 9. The van der Waals surface area contributed by atoms with Crippen molar-refractivity contribution in [3.63, 3.8) is 0 Å². The minimum atomic E-state index is -0.273. The minimum Gasteiger partial charge on any atom is -0.484 e. The zero-order chi connectivity index (χ0) is 14.6. The number of hydrogen-bond acceptors (Lipinski definition) is 3. The smallest absolute Gasteiger partial charge is 0.277 e. The van der Waals surface area contributed by atoms with Crippen molar-refractivity contribution in [1.82, 2.24) is 5.43 Å². The molecule has 110 valence electrons. The largest absolute Gasteiger partial charge is 0.484 e. The molecule has 1 aromatic carbocycles. The first-order valence-corrected chi connectivity index (χ1v) is 7.29. The van der Waals surface area contributed by atoms with Gasteiger partial charge in [0.15, 0.2) is 6.61 Å². The Hall–Kier alpha value is -1.55. The quantitative estimate of drug-likeness (QED) is 0.428. The van der Waals surface area contributed by atoms with Crippen LogP contribution in [-0.2, 0) is 4.79 Å². The summed E-state index contributed by atoms with van der Waals surface area (Å²) in [5, 5.41) is 4.50. The molecule has 0 aliphatic rings. The summed E-state index contributed by atoms with van der Waals surface area (Å²) in [7, 11) is 0. The SMILES string of the molecule is CCCCCC/C=N/NC(=O)COc1ccc(Cl)cc1. The topological polar surface area (TPSA) is 50.7 Å². The van der Waals surface area contributed by atoms with Crippen LogP contribution in [0.15, 0.2) is 29.4 Å². The zero-order valence-electron chi connectivity index (χ0n) is 11.8. The fourth-order valence-electron chi connectivity index (χ4n) is 1.56. The molecular formula is C15H21ClN2O2. The molecular weight excluding hydrogens is 276 g/mol. The second kappa shape index (κ2) is 10.3. The third kappa shape index (κ3) is 7.79. The fraction of sp³-hybridized carbons (Fsp3) is 0.467. The van der Waals surface area contributed by atoms with Crippen molar-refractivity contribution in [2.45, 2.75) is 39.0 Å². The number of halogens is 1. The molecule has 1 rings (SSSR count). The van der Waals surface area contributed by atoms with Crippen LogP contribution in [0.1, 0.15) is 39.0 Å². The van der Waals surface area contributed by atoms with Crippen LogP contribution >= 0.6 is 11.6 Å². The van der Waals surface area contributed by atoms with Gasteiger partial charge >= 0.3 is 0 Å². The number of hydrazone groups is 1. The van der Waals surface area contributed by atoms with E-state index in [1.807, 2.05) is 0 Å². The second-order valence-electron chi connectivity index (χ2n) is 4.44. The molecule has 0 fully saturated rings. The Morgan fingerprint density at radius 1 is 1.30 bits per heavy atom. The van der Waals surface area contributed by atoms with Crippen LogP contribution in [0.25, 0.3) is 0 Å². The lowest BCUT2D eigenvalue weighted by Crippen LogP contribution is -2.24. The van der Waals surface area contributed by atoms with Gasteiger partial charge in [0.1, 0.15) is 5.75 Å². The molecule has 0 unspecified atom stereocenters. The molecule has 0 saturated heterocycles. The van der Waals surface area contributed by atoms with E-state index in [4.69, 9.17) is 16.3 Å². The van der Waals surface area contributed by atoms with E-state index in [9.17, 15) is 4.79 Å². The van der Waals surface area contributed by atoms with Gasteiger partial charge in [-0.05, 0) is 37.1 Å². The van der Waals surface area contributed by atoms with E-state index in [1.54, 1.807) is 30.5 Å². The van der Waals surface area contributed by atoms with Crippen molar-refractivity contribution in [2.75, 3.05) is 6.61 Å². The number of benzene rings is 1. The number of amides is 1. The van der Waals surface area contributed by atoms with Crippen LogP contribution in [0.4, 0.5) is 0 Å². The predicted octanol–water partition coefficient (Wildman–Crippen LogP) is 3.79. The van der Waals surface area contributed by atoms with Crippen molar-refractivity contribution in [2.24, 2.45) is 5.10 Å². The summed E-state index contributed by atoms with van der Waals surface area (Å²) in [5.74, 6) is 0.331. The predicted molar refractivity (Wildman–Crippen MR) is 82.3 cm³/mol. The van der Waals surface area contributed by atoms with Crippen molar-refractivity contribution in [3.8, 4) is 5.75 Å². The van der Waals surface area contributed by atoms with Crippen molar-refractivity contribution < 1.29 is 9.53 Å². The van der Waals surface area contributed by atoms with E-state index >= 15 is 0 Å². The maximum Gasteiger partial charge on any atom is 0.277 e. The van der Waals surface area contributed by atoms with Gasteiger partial charge in [0.25, 0.3) is 5.91 Å². The van der Waals surface area contributed by atoms with Crippen LogP contribution in [0, 0.1) is 0 Å². The van der Waals surface area contributed by atoms with E-state index in [2.05, 4.69) is 17.5 Å². The summed E-state index contributed by atoms with van der Waals surface area (Å²) in [6.07, 6.45) is 7.39. The van der Waals surface area contributed by atoms with E-state index < -0.39 is 0 Å². The van der Waals surface area contributed by atoms with Gasteiger partial charge in [-0.25, -0.2) is 5.43 Å². The maximum absolute atomic E-state index is 11.4. The summed E-state index contributed by atoms with van der Waals surface area (Å²) >= 11 is 5.75. The Balaban J connectivity index is 2.11. The molecule has 20 heavy (non-hydrogen) atoms. The molecule has 0 spiro atoms. The number of carbonyl (C=O) groups excluding carboxylic acids is 1. The number of unbranched alkanes of at least 4 members (excludes halogenated alkanes) is 4. The molecule has 1 aromatic rings. The zero-order valence-corrected chi connectivity index (χ0v) is 12.5. The highest BCUT2D eigenvalue weighted by atomic mass is 35.5. The third-order valence-electron chi connectivity index (χ3n) is 2.65. The third-order valence-corrected chi connectivity index (χ3v) is 2.90. The van der Waals surface area contributed by atoms with Crippen LogP contribution in [0.3, 0.4) is 0 Å². The first-order valence-electron chi connectivity index (χ1n) is 6.91. The number of carbonyl (C=O) groups is 1. The molecule has 0 saturated carbocycles. The highest BCUT2D eigenvalue weighted by Crippen LogP contribution is 2.15. The van der Waals surface area contributed by atoms with Gasteiger partial charge in [-0.2, -0.15) is 5.10 Å². The maximum atomic E-state index is 11.4. The van der Waals surface area contributed by atoms with Gasteiger partial charge in [-0.3, -0.25) is 4.79 Å². The first kappa shape index (κ1) is 16.5. The molecule has 5 heteroatoms. The Labute approximate surface area is 125 Å². The Kier molecular flexibility index (Phi) is 8.47. The minimum absolute atomic E-state index is 0.0607. The van der Waals surface area contributed by atoms with Gasteiger partial charge in [-0.15, -0.1) is 0 Å². The van der Waals surface area contributed by atoms with E-state index in [-0.39, 0.29) is 12.5 Å². The summed E-state index contributed by atoms with van der Waals surface area (Å²) in [6, 6.07) is 6.85. The van der Waals surface area contributed by atoms with Crippen LogP contribution < -0.4 is 10.2 Å². The van der Waals surface area contributed by atoms with Crippen molar-refractivity contribution >= 4 is 23.7 Å². The van der Waals surface area contributed by atoms with Crippen LogP contribution in [-0.4, -0.2) is 18.7 Å². The van der Waals surface area contributed by atoms with Crippen molar-refractivity contribution in [3.05, 3.63) is 29.3 Å². The number of nitrogens with zero attached hydrogens (tertiary/aromatic N) is 1. The molecule has 0 radical (unpaired) electrons. The Morgan fingerprint density at radius 3 is 2.75 bits per heavy atom. The molecule has 4 nitrogen and oxygen atoms in total. The molecule has 0 aliphatic carbocycles. The lowest BCUT2D eigenvalue weighted by molar-refractivity contribution is -0.123. The van der Waals surface area contributed by atoms with E-state index in [0.29, 0.717) is 10.8 Å². The van der Waals surface area contributed by atoms with E-state index in [1.165, 1.54) is 19.3 Å². The lowest BCUT2D eigenvalue weighted by Gasteiger charge is -2.04. The van der Waals surface area contributed by atoms with E-state index in [0.717, 1.165) is 12.8 Å². The summed E-state index contributed by atoms with van der Waals surface area (Å²) in [4.78, 5) is 11.4. The fourth-order valence-corrected chi connectivity index (χ4v) is 1.68. The number of ether oxygens (including phenoxy) is 1. The molecule has 0 aromatic heterocycles. The number of hydrogen-bond donors (Lipinski definition) is 1. The Morgan fingerprint density at radius 2 is 2.05 bits per heavy atom. The lowest BCUT2D eigenvalue weighted by atomic mass is 10.2. The summed E-state index contributed by atoms with van der Waals surface area (Å²) in [5.41, 5.74) is 2.43. The number of nitrogens with one attached hydrogen (secondary N) is 1. The standard InChI is InChI=1S/C15H21ClN2O2/c1-2-3-4-5-6-11-17-18-15(19)12-20-14-9-7-13(16)8-10-14/h7-11H,2-6,12H2,1H3,(H,18,19)/b17-11+. The second-order valence-corrected chi connectivity index (χ2v) is 4.88. The molecule has 0 heterocycles. The highest BCUT2D eigenvalue weighted by Gasteiger charge is 2.00. The van der Waals surface area contributed by atoms with Gasteiger partial charge < -0.3 is 4.74 Å². The molecule has 1 amide bonds. The van der Waals surface area contributed by atoms with Gasteiger partial charge in [0.2, 0.25) is 0 Å². The van der Waals surface area contributed by atoms with Gasteiger partial charge in [0, 0.05) is 11.2 Å².